The van der Waals surface area contributed by atoms with Crippen molar-refractivity contribution in [1.82, 2.24) is 9.80 Å². The van der Waals surface area contributed by atoms with E-state index < -0.39 is 11.5 Å². The van der Waals surface area contributed by atoms with Crippen LogP contribution in [0.15, 0.2) is 0 Å². The number of nitrogens with zero attached hydrogens (tertiary/aromatic N) is 2. The molecule has 2 rings (SSSR count). The van der Waals surface area contributed by atoms with Gasteiger partial charge in [0.1, 0.15) is 0 Å². The molecule has 0 aromatic heterocycles. The molecule has 2 fully saturated rings. The van der Waals surface area contributed by atoms with Gasteiger partial charge in [0.2, 0.25) is 11.8 Å². The summed E-state index contributed by atoms with van der Waals surface area (Å²) in [6, 6.07) is 0. The number of hydrogen-bond acceptors (Lipinski definition) is 4. The van der Waals surface area contributed by atoms with Crippen molar-refractivity contribution in [2.45, 2.75) is 51.0 Å². The molecule has 2 heterocycles. The third-order valence-corrected chi connectivity index (χ3v) is 5.29. The molecule has 1 unspecified atom stereocenters. The zero-order valence-corrected chi connectivity index (χ0v) is 13.8. The second kappa shape index (κ2) is 6.54. The molecule has 0 radical (unpaired) electrons. The summed E-state index contributed by atoms with van der Waals surface area (Å²) in [5.41, 5.74) is 3.89. The number of piperidine rings is 2. The highest BCUT2D eigenvalue weighted by molar-refractivity contribution is 5.82. The predicted molar refractivity (Wildman–Crippen MR) is 84.0 cm³/mol. The number of aliphatic hydroxyl groups is 1. The number of primary amides is 1. The van der Waals surface area contributed by atoms with Crippen LogP contribution in [0.25, 0.3) is 0 Å². The van der Waals surface area contributed by atoms with Crippen molar-refractivity contribution in [3.05, 3.63) is 0 Å². The van der Waals surface area contributed by atoms with Crippen molar-refractivity contribution in [3.63, 3.8) is 0 Å². The minimum atomic E-state index is -0.968. The van der Waals surface area contributed by atoms with Crippen LogP contribution >= 0.6 is 0 Å². The maximum absolute atomic E-state index is 12.9. The van der Waals surface area contributed by atoms with Crippen molar-refractivity contribution < 1.29 is 14.7 Å². The number of nitrogens with two attached hydrogens (primary N) is 1. The summed E-state index contributed by atoms with van der Waals surface area (Å²) in [5, 5.41) is 10.7. The normalized spacial score (nSPS) is 29.3. The molecule has 22 heavy (non-hydrogen) atoms. The van der Waals surface area contributed by atoms with Gasteiger partial charge >= 0.3 is 0 Å². The number of hydrogen-bond donors (Lipinski definition) is 2. The van der Waals surface area contributed by atoms with Crippen LogP contribution in [0.5, 0.6) is 0 Å². The van der Waals surface area contributed by atoms with Gasteiger partial charge in [0.15, 0.2) is 0 Å². The van der Waals surface area contributed by atoms with E-state index in [0.29, 0.717) is 25.9 Å². The minimum absolute atomic E-state index is 0.151. The third kappa shape index (κ3) is 3.98. The average Bonchev–Trinajstić information content (AvgIpc) is 2.48. The number of carbonyl (C=O) groups excluding carboxylic acids is 2. The lowest BCUT2D eigenvalue weighted by molar-refractivity contribution is -0.151. The SMILES string of the molecule is CN1CCC(C)(C(=O)N2CCCC(O)(CCC(N)=O)C2)CC1. The van der Waals surface area contributed by atoms with Crippen LogP contribution < -0.4 is 5.73 Å². The smallest absolute Gasteiger partial charge is 0.228 e. The first-order chi connectivity index (χ1) is 10.2. The van der Waals surface area contributed by atoms with Gasteiger partial charge in [-0.15, -0.1) is 0 Å². The number of carbonyl (C=O) groups is 2. The summed E-state index contributed by atoms with van der Waals surface area (Å²) >= 11 is 0. The lowest BCUT2D eigenvalue weighted by Crippen LogP contribution is -2.55. The van der Waals surface area contributed by atoms with Gasteiger partial charge in [-0.3, -0.25) is 9.59 Å². The van der Waals surface area contributed by atoms with E-state index in [1.54, 1.807) is 4.90 Å². The summed E-state index contributed by atoms with van der Waals surface area (Å²) in [5.74, 6) is -0.253. The molecule has 2 aliphatic heterocycles. The summed E-state index contributed by atoms with van der Waals surface area (Å²) in [7, 11) is 2.08. The first-order valence-electron chi connectivity index (χ1n) is 8.23. The van der Waals surface area contributed by atoms with E-state index in [2.05, 4.69) is 11.9 Å². The van der Waals surface area contributed by atoms with Crippen LogP contribution in [0.2, 0.25) is 0 Å². The molecule has 0 aliphatic carbocycles. The van der Waals surface area contributed by atoms with Crippen molar-refractivity contribution in [2.75, 3.05) is 33.2 Å². The predicted octanol–water partition coefficient (Wildman–Crippen LogP) is 0.337. The maximum atomic E-state index is 12.9. The van der Waals surface area contributed by atoms with Crippen molar-refractivity contribution >= 4 is 11.8 Å². The van der Waals surface area contributed by atoms with E-state index in [0.717, 1.165) is 32.4 Å². The lowest BCUT2D eigenvalue weighted by atomic mass is 9.78. The van der Waals surface area contributed by atoms with Crippen LogP contribution in [-0.2, 0) is 9.59 Å². The Balaban J connectivity index is 1.99. The Morgan fingerprint density at radius 2 is 1.82 bits per heavy atom. The van der Waals surface area contributed by atoms with Gasteiger partial charge in [-0.1, -0.05) is 6.92 Å². The van der Waals surface area contributed by atoms with Crippen molar-refractivity contribution in [1.29, 1.82) is 0 Å². The monoisotopic (exact) mass is 311 g/mol. The Morgan fingerprint density at radius 1 is 1.18 bits per heavy atom. The molecule has 126 valence electrons. The summed E-state index contributed by atoms with van der Waals surface area (Å²) in [4.78, 5) is 27.9. The molecule has 2 saturated heterocycles. The van der Waals surface area contributed by atoms with Crippen LogP contribution in [0.1, 0.15) is 45.4 Å². The fourth-order valence-electron chi connectivity index (χ4n) is 3.55. The Hall–Kier alpha value is -1.14. The summed E-state index contributed by atoms with van der Waals surface area (Å²) in [6.07, 6.45) is 3.63. The van der Waals surface area contributed by atoms with Crippen LogP contribution in [0.4, 0.5) is 0 Å². The van der Waals surface area contributed by atoms with Crippen LogP contribution in [0, 0.1) is 5.41 Å². The standard InChI is InChI=1S/C16H29N3O3/c1-15(7-10-18(2)11-8-15)14(21)19-9-3-5-16(22,12-19)6-4-13(17)20/h22H,3-12H2,1-2H3,(H2,17,20). The van der Waals surface area contributed by atoms with Crippen LogP contribution in [0.3, 0.4) is 0 Å². The number of amides is 2. The fraction of sp³-hybridized carbons (Fsp3) is 0.875. The number of likely N-dealkylation sites (tertiary alicyclic amines) is 2. The van der Waals surface area contributed by atoms with Crippen molar-refractivity contribution in [2.24, 2.45) is 11.1 Å². The lowest BCUT2D eigenvalue weighted by Gasteiger charge is -2.45. The molecular weight excluding hydrogens is 282 g/mol. The maximum Gasteiger partial charge on any atom is 0.228 e. The molecule has 0 aromatic rings. The summed E-state index contributed by atoms with van der Waals surface area (Å²) < 4.78 is 0. The van der Waals surface area contributed by atoms with Crippen LogP contribution in [-0.4, -0.2) is 65.5 Å². The average molecular weight is 311 g/mol. The molecule has 0 bridgehead atoms. The highest BCUT2D eigenvalue weighted by Crippen LogP contribution is 2.35. The second-order valence-electron chi connectivity index (χ2n) is 7.38. The molecule has 0 spiro atoms. The van der Waals surface area contributed by atoms with Gasteiger partial charge in [0.05, 0.1) is 5.60 Å². The zero-order valence-electron chi connectivity index (χ0n) is 13.8. The molecule has 3 N–H and O–H groups in total. The molecule has 2 amide bonds. The Kier molecular flexibility index (Phi) is 5.12. The van der Waals surface area contributed by atoms with E-state index in [-0.39, 0.29) is 17.7 Å². The summed E-state index contributed by atoms with van der Waals surface area (Å²) in [6.45, 7) is 4.93. The number of rotatable bonds is 4. The highest BCUT2D eigenvalue weighted by Gasteiger charge is 2.43. The van der Waals surface area contributed by atoms with Gasteiger partial charge < -0.3 is 20.6 Å². The van der Waals surface area contributed by atoms with Crippen molar-refractivity contribution in [3.8, 4) is 0 Å². The molecule has 2 aliphatic rings. The van der Waals surface area contributed by atoms with Gasteiger partial charge in [-0.25, -0.2) is 0 Å². The van der Waals surface area contributed by atoms with E-state index in [4.69, 9.17) is 5.73 Å². The topological polar surface area (TPSA) is 86.9 Å². The van der Waals surface area contributed by atoms with E-state index in [1.807, 2.05) is 6.92 Å². The molecular formula is C16H29N3O3. The molecule has 1 atom stereocenters. The van der Waals surface area contributed by atoms with Gasteiger partial charge in [-0.05, 0) is 52.2 Å². The molecule has 6 nitrogen and oxygen atoms in total. The quantitative estimate of drug-likeness (QED) is 0.784. The largest absolute Gasteiger partial charge is 0.388 e. The number of β-amino-alcohol motifs (C(OH)–C–C–N with tert-alkyl or cyclic N) is 1. The highest BCUT2D eigenvalue weighted by atomic mass is 16.3. The van der Waals surface area contributed by atoms with E-state index in [1.165, 1.54) is 0 Å². The zero-order chi connectivity index (χ0) is 16.4. The molecule has 6 heteroatoms. The first-order valence-corrected chi connectivity index (χ1v) is 8.23. The van der Waals surface area contributed by atoms with E-state index in [9.17, 15) is 14.7 Å². The fourth-order valence-corrected chi connectivity index (χ4v) is 3.55. The second-order valence-corrected chi connectivity index (χ2v) is 7.38. The van der Waals surface area contributed by atoms with Gasteiger partial charge in [-0.2, -0.15) is 0 Å². The first kappa shape index (κ1) is 17.2. The minimum Gasteiger partial charge on any atom is -0.388 e. The molecule has 0 saturated carbocycles. The Labute approximate surface area is 132 Å². The Morgan fingerprint density at radius 3 is 2.41 bits per heavy atom. The van der Waals surface area contributed by atoms with E-state index >= 15 is 0 Å². The molecule has 0 aromatic carbocycles. The third-order valence-electron chi connectivity index (χ3n) is 5.29. The van der Waals surface area contributed by atoms with Gasteiger partial charge in [0, 0.05) is 24.9 Å². The Bertz CT molecular complexity index is 432. The van der Waals surface area contributed by atoms with Gasteiger partial charge in [0.25, 0.3) is 0 Å².